The zero-order chi connectivity index (χ0) is 13.0. The molecule has 1 aliphatic rings. The van der Waals surface area contributed by atoms with Crippen LogP contribution >= 0.6 is 0 Å². The summed E-state index contributed by atoms with van der Waals surface area (Å²) in [5.41, 5.74) is 3.71. The van der Waals surface area contributed by atoms with E-state index < -0.39 is 0 Å². The number of nitrogens with zero attached hydrogens (tertiary/aromatic N) is 2. The Labute approximate surface area is 110 Å². The first-order chi connectivity index (χ1) is 8.70. The molecule has 0 saturated heterocycles. The average molecular weight is 247 g/mol. The minimum absolute atomic E-state index is 0.815. The minimum atomic E-state index is 0.815. The molecule has 0 atom stereocenters. The molecular formula is C15H25N3. The van der Waals surface area contributed by atoms with E-state index in [1.165, 1.54) is 36.2 Å². The van der Waals surface area contributed by atoms with Gasteiger partial charge in [-0.3, -0.25) is 0 Å². The summed E-state index contributed by atoms with van der Waals surface area (Å²) in [7, 11) is 0. The van der Waals surface area contributed by atoms with Crippen molar-refractivity contribution in [1.82, 2.24) is 15.3 Å². The van der Waals surface area contributed by atoms with Gasteiger partial charge in [-0.2, -0.15) is 0 Å². The van der Waals surface area contributed by atoms with E-state index in [2.05, 4.69) is 36.1 Å². The summed E-state index contributed by atoms with van der Waals surface area (Å²) in [6, 6.07) is 0.815. The first kappa shape index (κ1) is 13.5. The number of nitrogens with one attached hydrogen (secondary N) is 1. The lowest BCUT2D eigenvalue weighted by molar-refractivity contribution is 0.640. The summed E-state index contributed by atoms with van der Waals surface area (Å²) in [6.45, 7) is 7.54. The van der Waals surface area contributed by atoms with E-state index >= 15 is 0 Å². The molecule has 0 spiro atoms. The Balaban J connectivity index is 1.89. The van der Waals surface area contributed by atoms with E-state index in [0.29, 0.717) is 0 Å². The van der Waals surface area contributed by atoms with E-state index in [-0.39, 0.29) is 0 Å². The molecule has 2 rings (SSSR count). The summed E-state index contributed by atoms with van der Waals surface area (Å²) in [5, 5.41) is 3.56. The van der Waals surface area contributed by atoms with Crippen LogP contribution in [0.2, 0.25) is 0 Å². The second-order valence-electron chi connectivity index (χ2n) is 5.37. The lowest BCUT2D eigenvalue weighted by atomic mass is 10.1. The quantitative estimate of drug-likeness (QED) is 0.753. The molecule has 18 heavy (non-hydrogen) atoms. The smallest absolute Gasteiger partial charge is 0.128 e. The molecule has 0 radical (unpaired) electrons. The van der Waals surface area contributed by atoms with Crippen molar-refractivity contribution in [2.45, 2.75) is 65.3 Å². The molecule has 0 unspecified atom stereocenters. The van der Waals surface area contributed by atoms with Crippen LogP contribution in [-0.4, -0.2) is 22.6 Å². The second-order valence-corrected chi connectivity index (χ2v) is 5.37. The predicted molar refractivity (Wildman–Crippen MR) is 74.8 cm³/mol. The van der Waals surface area contributed by atoms with E-state index in [4.69, 9.17) is 0 Å². The third kappa shape index (κ3) is 3.77. The summed E-state index contributed by atoms with van der Waals surface area (Å²) >= 11 is 0. The van der Waals surface area contributed by atoms with Gasteiger partial charge >= 0.3 is 0 Å². The maximum atomic E-state index is 4.62. The molecular weight excluding hydrogens is 222 g/mol. The molecule has 1 heterocycles. The Morgan fingerprint density at radius 2 is 1.78 bits per heavy atom. The maximum Gasteiger partial charge on any atom is 0.128 e. The number of rotatable bonds is 7. The number of hydrogen-bond acceptors (Lipinski definition) is 3. The van der Waals surface area contributed by atoms with Crippen LogP contribution in [0.15, 0.2) is 0 Å². The van der Waals surface area contributed by atoms with Crippen molar-refractivity contribution in [1.29, 1.82) is 0 Å². The molecule has 3 heteroatoms. The van der Waals surface area contributed by atoms with Gasteiger partial charge in [-0.15, -0.1) is 0 Å². The molecule has 1 aromatic heterocycles. The summed E-state index contributed by atoms with van der Waals surface area (Å²) in [4.78, 5) is 9.24. The molecule has 1 aliphatic carbocycles. The summed E-state index contributed by atoms with van der Waals surface area (Å²) < 4.78 is 0. The monoisotopic (exact) mass is 247 g/mol. The zero-order valence-corrected chi connectivity index (χ0v) is 11.9. The molecule has 0 aliphatic heterocycles. The molecule has 0 bridgehead atoms. The Hall–Kier alpha value is -0.960. The molecule has 100 valence electrons. The van der Waals surface area contributed by atoms with E-state index in [9.17, 15) is 0 Å². The summed E-state index contributed by atoms with van der Waals surface area (Å²) in [6.07, 6.45) is 7.13. The van der Waals surface area contributed by atoms with Crippen LogP contribution in [0, 0.1) is 13.8 Å². The first-order valence-corrected chi connectivity index (χ1v) is 7.27. The zero-order valence-electron chi connectivity index (χ0n) is 11.9. The number of hydrogen-bond donors (Lipinski definition) is 1. The largest absolute Gasteiger partial charge is 0.314 e. The highest BCUT2D eigenvalue weighted by Crippen LogP contribution is 2.19. The first-order valence-electron chi connectivity index (χ1n) is 7.27. The molecule has 0 aromatic carbocycles. The van der Waals surface area contributed by atoms with Crippen molar-refractivity contribution in [2.75, 3.05) is 6.54 Å². The van der Waals surface area contributed by atoms with Crippen LogP contribution in [-0.2, 0) is 12.8 Å². The molecule has 1 saturated carbocycles. The molecule has 1 fully saturated rings. The highest BCUT2D eigenvalue weighted by atomic mass is 14.9. The van der Waals surface area contributed by atoms with Gasteiger partial charge in [0, 0.05) is 23.9 Å². The lowest BCUT2D eigenvalue weighted by Gasteiger charge is -2.11. The van der Waals surface area contributed by atoms with Crippen LogP contribution in [0.3, 0.4) is 0 Å². The average Bonchev–Trinajstić information content (AvgIpc) is 3.11. The van der Waals surface area contributed by atoms with Crippen molar-refractivity contribution in [2.24, 2.45) is 0 Å². The van der Waals surface area contributed by atoms with Gasteiger partial charge < -0.3 is 5.32 Å². The van der Waals surface area contributed by atoms with Gasteiger partial charge in [-0.25, -0.2) is 9.97 Å². The van der Waals surface area contributed by atoms with E-state index in [1.807, 2.05) is 0 Å². The fraction of sp³-hybridized carbons (Fsp3) is 0.733. The number of aryl methyl sites for hydroxylation is 3. The fourth-order valence-electron chi connectivity index (χ4n) is 2.36. The van der Waals surface area contributed by atoms with Crippen LogP contribution in [0.4, 0.5) is 0 Å². The standard InChI is InChI=1S/C15H25N3/c1-4-6-15-17-11(2)14(12(3)18-15)7-5-10-16-13-8-9-13/h13,16H,4-10H2,1-3H3. The lowest BCUT2D eigenvalue weighted by Crippen LogP contribution is -2.18. The number of aromatic nitrogens is 2. The van der Waals surface area contributed by atoms with E-state index in [1.54, 1.807) is 0 Å². The Morgan fingerprint density at radius 3 is 2.33 bits per heavy atom. The SMILES string of the molecule is CCCc1nc(C)c(CCCNC2CC2)c(C)n1. The Kier molecular flexibility index (Phi) is 4.70. The Morgan fingerprint density at radius 1 is 1.11 bits per heavy atom. The van der Waals surface area contributed by atoms with Crippen LogP contribution in [0.5, 0.6) is 0 Å². The van der Waals surface area contributed by atoms with Crippen molar-refractivity contribution < 1.29 is 0 Å². The van der Waals surface area contributed by atoms with Gasteiger partial charge in [0.1, 0.15) is 5.82 Å². The normalized spacial score (nSPS) is 15.1. The van der Waals surface area contributed by atoms with Crippen molar-refractivity contribution in [3.05, 3.63) is 22.8 Å². The third-order valence-electron chi connectivity index (χ3n) is 3.55. The van der Waals surface area contributed by atoms with Gasteiger partial charge in [0.05, 0.1) is 0 Å². The van der Waals surface area contributed by atoms with Gasteiger partial charge in [-0.05, 0) is 58.1 Å². The molecule has 3 nitrogen and oxygen atoms in total. The third-order valence-corrected chi connectivity index (χ3v) is 3.55. The molecule has 1 aromatic rings. The minimum Gasteiger partial charge on any atom is -0.314 e. The highest BCUT2D eigenvalue weighted by molar-refractivity contribution is 5.24. The fourth-order valence-corrected chi connectivity index (χ4v) is 2.36. The van der Waals surface area contributed by atoms with E-state index in [0.717, 1.165) is 37.7 Å². The van der Waals surface area contributed by atoms with Crippen molar-refractivity contribution in [3.8, 4) is 0 Å². The van der Waals surface area contributed by atoms with Crippen LogP contribution in [0.1, 0.15) is 55.4 Å². The predicted octanol–water partition coefficient (Wildman–Crippen LogP) is 2.73. The topological polar surface area (TPSA) is 37.8 Å². The van der Waals surface area contributed by atoms with Gasteiger partial charge in [0.2, 0.25) is 0 Å². The van der Waals surface area contributed by atoms with Crippen LogP contribution < -0.4 is 5.32 Å². The van der Waals surface area contributed by atoms with Gasteiger partial charge in [0.15, 0.2) is 0 Å². The van der Waals surface area contributed by atoms with Crippen LogP contribution in [0.25, 0.3) is 0 Å². The van der Waals surface area contributed by atoms with Gasteiger partial charge in [0.25, 0.3) is 0 Å². The molecule has 0 amide bonds. The Bertz CT molecular complexity index is 374. The van der Waals surface area contributed by atoms with Crippen molar-refractivity contribution >= 4 is 0 Å². The highest BCUT2D eigenvalue weighted by Gasteiger charge is 2.19. The van der Waals surface area contributed by atoms with Gasteiger partial charge in [-0.1, -0.05) is 6.92 Å². The molecule has 1 N–H and O–H groups in total. The summed E-state index contributed by atoms with van der Waals surface area (Å²) in [5.74, 6) is 1.01. The maximum absolute atomic E-state index is 4.62. The van der Waals surface area contributed by atoms with Crippen molar-refractivity contribution in [3.63, 3.8) is 0 Å². The second kappa shape index (κ2) is 6.28.